The lowest BCUT2D eigenvalue weighted by Gasteiger charge is -2.39. The van der Waals surface area contributed by atoms with Crippen LogP contribution in [0, 0.1) is 24.7 Å². The van der Waals surface area contributed by atoms with Gasteiger partial charge < -0.3 is 4.90 Å². The minimum absolute atomic E-state index is 0.433. The molecule has 0 N–H and O–H groups in total. The molecule has 0 unspecified atom stereocenters. The van der Waals surface area contributed by atoms with Crippen molar-refractivity contribution in [2.45, 2.75) is 59.9 Å². The lowest BCUT2D eigenvalue weighted by Crippen LogP contribution is -2.35. The molecule has 0 spiro atoms. The van der Waals surface area contributed by atoms with E-state index in [2.05, 4.69) is 44.5 Å². The number of fused-ring (bicyclic) bond motifs is 3. The molecule has 0 radical (unpaired) electrons. The third-order valence-corrected chi connectivity index (χ3v) is 6.75. The summed E-state index contributed by atoms with van der Waals surface area (Å²) in [6, 6.07) is 0.631. The van der Waals surface area contributed by atoms with Crippen molar-refractivity contribution in [1.29, 1.82) is 0 Å². The SMILES string of the molecule is Cc1sc2ncnc(N3C[C@@]4(C)C[C@@H]3CC(C)(C)C4)c2c1C. The van der Waals surface area contributed by atoms with E-state index in [9.17, 15) is 0 Å². The summed E-state index contributed by atoms with van der Waals surface area (Å²) >= 11 is 1.80. The maximum Gasteiger partial charge on any atom is 0.141 e. The van der Waals surface area contributed by atoms with E-state index in [1.54, 1.807) is 17.7 Å². The highest BCUT2D eigenvalue weighted by Crippen LogP contribution is 2.54. The van der Waals surface area contributed by atoms with Crippen molar-refractivity contribution in [3.8, 4) is 0 Å². The van der Waals surface area contributed by atoms with Gasteiger partial charge in [0.1, 0.15) is 17.0 Å². The molecule has 3 heterocycles. The van der Waals surface area contributed by atoms with E-state index in [0.29, 0.717) is 16.9 Å². The van der Waals surface area contributed by atoms with Gasteiger partial charge in [-0.05, 0) is 49.5 Å². The van der Waals surface area contributed by atoms with Gasteiger partial charge in [0.2, 0.25) is 0 Å². The van der Waals surface area contributed by atoms with Gasteiger partial charge in [-0.15, -0.1) is 11.3 Å². The molecule has 2 aromatic rings. The van der Waals surface area contributed by atoms with Crippen molar-refractivity contribution in [3.63, 3.8) is 0 Å². The van der Waals surface area contributed by atoms with Gasteiger partial charge in [-0.2, -0.15) is 0 Å². The monoisotopic (exact) mass is 315 g/mol. The van der Waals surface area contributed by atoms with Crippen LogP contribution in [0.2, 0.25) is 0 Å². The fraction of sp³-hybridized carbons (Fsp3) is 0.667. The zero-order valence-electron chi connectivity index (χ0n) is 14.2. The zero-order valence-corrected chi connectivity index (χ0v) is 15.0. The second kappa shape index (κ2) is 4.44. The van der Waals surface area contributed by atoms with Crippen LogP contribution in [0.4, 0.5) is 5.82 Å². The molecule has 2 aromatic heterocycles. The number of nitrogens with zero attached hydrogens (tertiary/aromatic N) is 3. The molecule has 1 saturated heterocycles. The van der Waals surface area contributed by atoms with Crippen LogP contribution in [-0.2, 0) is 0 Å². The molecule has 4 rings (SSSR count). The molecular formula is C18H25N3S. The van der Waals surface area contributed by atoms with Crippen molar-refractivity contribution in [1.82, 2.24) is 9.97 Å². The fourth-order valence-corrected chi connectivity index (χ4v) is 6.08. The summed E-state index contributed by atoms with van der Waals surface area (Å²) in [5.74, 6) is 1.18. The lowest BCUT2D eigenvalue weighted by atomic mass is 9.65. The first kappa shape index (κ1) is 14.4. The smallest absolute Gasteiger partial charge is 0.141 e. The van der Waals surface area contributed by atoms with E-state index < -0.39 is 0 Å². The van der Waals surface area contributed by atoms with Gasteiger partial charge in [-0.3, -0.25) is 0 Å². The Kier molecular flexibility index (Phi) is 2.91. The lowest BCUT2D eigenvalue weighted by molar-refractivity contribution is 0.136. The quantitative estimate of drug-likeness (QED) is 0.763. The predicted octanol–water partition coefficient (Wildman–Crippen LogP) is 4.71. The first-order valence-corrected chi connectivity index (χ1v) is 9.07. The van der Waals surface area contributed by atoms with Crippen LogP contribution >= 0.6 is 11.3 Å². The Morgan fingerprint density at radius 2 is 1.95 bits per heavy atom. The molecule has 2 atom stereocenters. The molecule has 1 aliphatic carbocycles. The van der Waals surface area contributed by atoms with E-state index in [1.165, 1.54) is 40.9 Å². The van der Waals surface area contributed by atoms with Gasteiger partial charge in [-0.1, -0.05) is 20.8 Å². The normalized spacial score (nSPS) is 30.2. The van der Waals surface area contributed by atoms with Crippen LogP contribution in [0.25, 0.3) is 10.2 Å². The highest BCUT2D eigenvalue weighted by atomic mass is 32.1. The number of aromatic nitrogens is 2. The third kappa shape index (κ3) is 2.07. The first-order valence-electron chi connectivity index (χ1n) is 8.25. The highest BCUT2D eigenvalue weighted by Gasteiger charge is 2.50. The number of hydrogen-bond donors (Lipinski definition) is 0. The first-order chi connectivity index (χ1) is 10.3. The number of aryl methyl sites for hydroxylation is 2. The summed E-state index contributed by atoms with van der Waals surface area (Å²) < 4.78 is 0. The van der Waals surface area contributed by atoms with E-state index in [4.69, 9.17) is 4.98 Å². The van der Waals surface area contributed by atoms with Crippen LogP contribution in [-0.4, -0.2) is 22.6 Å². The van der Waals surface area contributed by atoms with Gasteiger partial charge in [0.05, 0.1) is 5.39 Å². The van der Waals surface area contributed by atoms with Crippen molar-refractivity contribution >= 4 is 27.4 Å². The molecule has 3 nitrogen and oxygen atoms in total. The highest BCUT2D eigenvalue weighted by molar-refractivity contribution is 7.18. The van der Waals surface area contributed by atoms with E-state index in [0.717, 1.165) is 11.4 Å². The minimum Gasteiger partial charge on any atom is -0.352 e. The molecule has 22 heavy (non-hydrogen) atoms. The Bertz CT molecular complexity index is 748. The topological polar surface area (TPSA) is 29.0 Å². The van der Waals surface area contributed by atoms with Gasteiger partial charge in [0.15, 0.2) is 0 Å². The number of thiophene rings is 1. The summed E-state index contributed by atoms with van der Waals surface area (Å²) in [6.07, 6.45) is 5.66. The Balaban J connectivity index is 1.84. The fourth-order valence-electron chi connectivity index (χ4n) is 5.09. The predicted molar refractivity (Wildman–Crippen MR) is 93.8 cm³/mol. The van der Waals surface area contributed by atoms with Crippen LogP contribution in [0.1, 0.15) is 50.5 Å². The second-order valence-corrected chi connectivity index (χ2v) is 9.71. The summed E-state index contributed by atoms with van der Waals surface area (Å²) in [5, 5.41) is 1.29. The Hall–Kier alpha value is -1.16. The second-order valence-electron chi connectivity index (χ2n) is 8.50. The Morgan fingerprint density at radius 3 is 2.73 bits per heavy atom. The Labute approximate surface area is 136 Å². The molecule has 2 fully saturated rings. The maximum atomic E-state index is 4.72. The largest absolute Gasteiger partial charge is 0.352 e. The number of rotatable bonds is 1. The molecule has 0 amide bonds. The van der Waals surface area contributed by atoms with Crippen molar-refractivity contribution in [2.75, 3.05) is 11.4 Å². The minimum atomic E-state index is 0.433. The molecule has 1 aliphatic heterocycles. The van der Waals surface area contributed by atoms with Crippen molar-refractivity contribution < 1.29 is 0 Å². The number of anilines is 1. The molecule has 4 heteroatoms. The summed E-state index contributed by atoms with van der Waals surface area (Å²) in [5.41, 5.74) is 2.24. The third-order valence-electron chi connectivity index (χ3n) is 5.63. The van der Waals surface area contributed by atoms with Crippen molar-refractivity contribution in [2.24, 2.45) is 10.8 Å². The van der Waals surface area contributed by atoms with Gasteiger partial charge in [0.25, 0.3) is 0 Å². The van der Waals surface area contributed by atoms with Crippen molar-refractivity contribution in [3.05, 3.63) is 16.8 Å². The molecular weight excluding hydrogens is 290 g/mol. The average molecular weight is 315 g/mol. The molecule has 118 valence electrons. The molecule has 2 bridgehead atoms. The standard InChI is InChI=1S/C18H25N3S/c1-11-12(2)22-16-14(11)15(19-10-20-16)21-9-18(5)7-13(21)6-17(3,4)8-18/h10,13H,6-9H2,1-5H3/t13-,18-/m0/s1. The van der Waals surface area contributed by atoms with Crippen LogP contribution < -0.4 is 4.90 Å². The molecule has 1 saturated carbocycles. The average Bonchev–Trinajstić information content (AvgIpc) is 2.83. The number of hydrogen-bond acceptors (Lipinski definition) is 4. The Morgan fingerprint density at radius 1 is 1.18 bits per heavy atom. The van der Waals surface area contributed by atoms with Crippen LogP contribution in [0.15, 0.2) is 6.33 Å². The van der Waals surface area contributed by atoms with Crippen LogP contribution in [0.3, 0.4) is 0 Å². The summed E-state index contributed by atoms with van der Waals surface area (Å²) in [7, 11) is 0. The molecule has 0 aromatic carbocycles. The van der Waals surface area contributed by atoms with Crippen LogP contribution in [0.5, 0.6) is 0 Å². The molecule has 2 aliphatic rings. The van der Waals surface area contributed by atoms with E-state index in [1.807, 2.05) is 0 Å². The van der Waals surface area contributed by atoms with E-state index >= 15 is 0 Å². The maximum absolute atomic E-state index is 4.72. The zero-order chi connectivity index (χ0) is 15.7. The van der Waals surface area contributed by atoms with Gasteiger partial charge in [-0.25, -0.2) is 9.97 Å². The summed E-state index contributed by atoms with van der Waals surface area (Å²) in [6.45, 7) is 12.9. The van der Waals surface area contributed by atoms with Gasteiger partial charge >= 0.3 is 0 Å². The van der Waals surface area contributed by atoms with E-state index in [-0.39, 0.29) is 0 Å². The summed E-state index contributed by atoms with van der Waals surface area (Å²) in [4.78, 5) is 14.3. The van der Waals surface area contributed by atoms with Gasteiger partial charge in [0, 0.05) is 17.5 Å².